The molecule has 2 aromatic heterocycles. The molecular formula is C27H30N6. The Morgan fingerprint density at radius 3 is 2.76 bits per heavy atom. The molecule has 33 heavy (non-hydrogen) atoms. The molecule has 0 fully saturated rings. The van der Waals surface area contributed by atoms with Crippen molar-refractivity contribution >= 4 is 17.4 Å². The van der Waals surface area contributed by atoms with Crippen molar-refractivity contribution in [2.75, 3.05) is 7.05 Å². The van der Waals surface area contributed by atoms with E-state index >= 15 is 0 Å². The fourth-order valence-corrected chi connectivity index (χ4v) is 4.74. The minimum Gasteiger partial charge on any atom is -0.372 e. The second-order valence-electron chi connectivity index (χ2n) is 8.65. The number of benzene rings is 2. The summed E-state index contributed by atoms with van der Waals surface area (Å²) in [5.74, 6) is 0.999. The van der Waals surface area contributed by atoms with Crippen LogP contribution in [0.15, 0.2) is 71.9 Å². The lowest BCUT2D eigenvalue weighted by Crippen LogP contribution is -2.31. The van der Waals surface area contributed by atoms with Crippen LogP contribution in [-0.2, 0) is 26.1 Å². The van der Waals surface area contributed by atoms with Crippen molar-refractivity contribution < 1.29 is 0 Å². The number of aryl methyl sites for hydroxylation is 1. The summed E-state index contributed by atoms with van der Waals surface area (Å²) in [6, 6.07) is 21.6. The molecule has 0 saturated heterocycles. The lowest BCUT2D eigenvalue weighted by atomic mass is 9.90. The highest BCUT2D eigenvalue weighted by Crippen LogP contribution is 2.34. The first kappa shape index (κ1) is 21.3. The van der Waals surface area contributed by atoms with Crippen LogP contribution >= 0.6 is 0 Å². The summed E-state index contributed by atoms with van der Waals surface area (Å²) in [5.41, 5.74) is 7.24. The Kier molecular flexibility index (Phi) is 6.44. The van der Waals surface area contributed by atoms with Gasteiger partial charge in [0.1, 0.15) is 5.82 Å². The highest BCUT2D eigenvalue weighted by molar-refractivity contribution is 5.74. The Morgan fingerprint density at radius 1 is 1.06 bits per heavy atom. The van der Waals surface area contributed by atoms with Crippen LogP contribution in [0.4, 0.5) is 0 Å². The molecule has 0 aliphatic heterocycles. The summed E-state index contributed by atoms with van der Waals surface area (Å²) in [6.07, 6.45) is 7.07. The van der Waals surface area contributed by atoms with Crippen molar-refractivity contribution in [3.05, 3.63) is 95.1 Å². The number of hydrogen-bond donors (Lipinski definition) is 2. The number of nitrogens with zero attached hydrogens (tertiary/aromatic N) is 4. The maximum atomic E-state index is 4.86. The normalized spacial score (nSPS) is 15.9. The smallest absolute Gasteiger partial charge is 0.121 e. The van der Waals surface area contributed by atoms with Crippen molar-refractivity contribution in [3.8, 4) is 0 Å². The summed E-state index contributed by atoms with van der Waals surface area (Å²) < 4.78 is 0. The number of rotatable bonds is 8. The molecule has 6 heteroatoms. The molecule has 0 saturated carbocycles. The van der Waals surface area contributed by atoms with Crippen LogP contribution in [0.25, 0.3) is 11.0 Å². The first-order valence-electron chi connectivity index (χ1n) is 11.6. The summed E-state index contributed by atoms with van der Waals surface area (Å²) in [4.78, 5) is 19.7. The molecule has 0 radical (unpaired) electrons. The van der Waals surface area contributed by atoms with E-state index in [0.29, 0.717) is 0 Å². The van der Waals surface area contributed by atoms with Gasteiger partial charge in [0.25, 0.3) is 0 Å². The fourth-order valence-electron chi connectivity index (χ4n) is 4.74. The highest BCUT2D eigenvalue weighted by atomic mass is 15.2. The quantitative estimate of drug-likeness (QED) is 0.307. The van der Waals surface area contributed by atoms with E-state index in [1.807, 2.05) is 18.3 Å². The van der Waals surface area contributed by atoms with Crippen LogP contribution in [0.1, 0.15) is 47.1 Å². The largest absolute Gasteiger partial charge is 0.372 e. The summed E-state index contributed by atoms with van der Waals surface area (Å²) in [5, 5.41) is 3.20. The van der Waals surface area contributed by atoms with E-state index in [4.69, 9.17) is 9.97 Å². The number of aliphatic imine (C=N–C) groups is 1. The first-order valence-corrected chi connectivity index (χ1v) is 11.6. The van der Waals surface area contributed by atoms with Crippen molar-refractivity contribution in [2.45, 2.75) is 44.9 Å². The molecule has 2 aromatic carbocycles. The standard InChI is InChI=1S/C27H30N6/c1-28-19-29-16-20-11-13-21(14-12-20)17-33(18-26-31-23-8-2-3-9-24(23)32-26)25-10-4-6-22-7-5-15-30-27(22)25/h2-3,5,7-9,11-15,19,25H,4,6,10,16-18H2,1H3,(H,28,29)(H,31,32). The van der Waals surface area contributed by atoms with Crippen LogP contribution in [0.3, 0.4) is 0 Å². The second kappa shape index (κ2) is 9.96. The number of aromatic nitrogens is 3. The molecule has 2 heterocycles. The number of hydrogen-bond acceptors (Lipinski definition) is 4. The zero-order valence-electron chi connectivity index (χ0n) is 19.0. The monoisotopic (exact) mass is 438 g/mol. The van der Waals surface area contributed by atoms with E-state index in [9.17, 15) is 0 Å². The molecule has 1 atom stereocenters. The zero-order valence-corrected chi connectivity index (χ0v) is 19.0. The van der Waals surface area contributed by atoms with Gasteiger partial charge in [0, 0.05) is 26.3 Å². The SMILES string of the molecule is CN=CNCc1ccc(CN(Cc2nc3ccccc3[nH]2)C2CCCc3cccnc32)cc1. The van der Waals surface area contributed by atoms with Gasteiger partial charge >= 0.3 is 0 Å². The van der Waals surface area contributed by atoms with E-state index < -0.39 is 0 Å². The molecule has 0 spiro atoms. The lowest BCUT2D eigenvalue weighted by Gasteiger charge is -2.34. The van der Waals surface area contributed by atoms with Gasteiger partial charge < -0.3 is 10.3 Å². The molecule has 4 aromatic rings. The third-order valence-corrected chi connectivity index (χ3v) is 6.33. The third-order valence-electron chi connectivity index (χ3n) is 6.33. The van der Waals surface area contributed by atoms with Crippen LogP contribution in [0, 0.1) is 0 Å². The maximum Gasteiger partial charge on any atom is 0.121 e. The maximum absolute atomic E-state index is 4.86. The van der Waals surface area contributed by atoms with Gasteiger partial charge in [-0.3, -0.25) is 14.9 Å². The van der Waals surface area contributed by atoms with Gasteiger partial charge in [-0.25, -0.2) is 4.98 Å². The number of H-pyrrole nitrogens is 1. The molecule has 0 bridgehead atoms. The Morgan fingerprint density at radius 2 is 1.91 bits per heavy atom. The molecule has 1 aliphatic carbocycles. The minimum absolute atomic E-state index is 0.283. The van der Waals surface area contributed by atoms with Gasteiger partial charge in [0.15, 0.2) is 0 Å². The Balaban J connectivity index is 1.41. The van der Waals surface area contributed by atoms with E-state index in [1.54, 1.807) is 13.4 Å². The number of aromatic amines is 1. The van der Waals surface area contributed by atoms with Gasteiger partial charge in [-0.15, -0.1) is 0 Å². The van der Waals surface area contributed by atoms with Gasteiger partial charge in [-0.05, 0) is 54.2 Å². The average molecular weight is 439 g/mol. The van der Waals surface area contributed by atoms with Crippen molar-refractivity contribution in [1.82, 2.24) is 25.2 Å². The molecular weight excluding hydrogens is 408 g/mol. The van der Waals surface area contributed by atoms with Crippen LogP contribution in [0.2, 0.25) is 0 Å². The van der Waals surface area contributed by atoms with Gasteiger partial charge in [-0.1, -0.05) is 42.5 Å². The molecule has 0 amide bonds. The Bertz CT molecular complexity index is 1190. The molecule has 6 nitrogen and oxygen atoms in total. The Labute approximate surface area is 194 Å². The van der Waals surface area contributed by atoms with Gasteiger partial charge in [0.05, 0.1) is 35.7 Å². The lowest BCUT2D eigenvalue weighted by molar-refractivity contribution is 0.153. The number of para-hydroxylation sites is 2. The predicted octanol–water partition coefficient (Wildman–Crippen LogP) is 4.79. The Hall–Kier alpha value is -3.51. The van der Waals surface area contributed by atoms with E-state index in [-0.39, 0.29) is 6.04 Å². The van der Waals surface area contributed by atoms with Crippen LogP contribution in [-0.4, -0.2) is 33.2 Å². The van der Waals surface area contributed by atoms with Crippen LogP contribution in [0.5, 0.6) is 0 Å². The topological polar surface area (TPSA) is 69.2 Å². The van der Waals surface area contributed by atoms with E-state index in [2.05, 4.69) is 68.7 Å². The van der Waals surface area contributed by atoms with Crippen molar-refractivity contribution in [2.24, 2.45) is 4.99 Å². The molecule has 1 unspecified atom stereocenters. The molecule has 2 N–H and O–H groups in total. The molecule has 1 aliphatic rings. The zero-order chi connectivity index (χ0) is 22.5. The second-order valence-corrected chi connectivity index (χ2v) is 8.65. The van der Waals surface area contributed by atoms with Crippen molar-refractivity contribution in [1.29, 1.82) is 0 Å². The van der Waals surface area contributed by atoms with E-state index in [0.717, 1.165) is 49.3 Å². The first-order chi connectivity index (χ1) is 16.3. The number of imidazole rings is 1. The fraction of sp³-hybridized carbons (Fsp3) is 0.296. The number of nitrogens with one attached hydrogen (secondary N) is 2. The summed E-state index contributed by atoms with van der Waals surface area (Å²) in [7, 11) is 1.77. The summed E-state index contributed by atoms with van der Waals surface area (Å²) >= 11 is 0. The van der Waals surface area contributed by atoms with Crippen molar-refractivity contribution in [3.63, 3.8) is 0 Å². The number of fused-ring (bicyclic) bond motifs is 2. The van der Waals surface area contributed by atoms with Crippen LogP contribution < -0.4 is 5.32 Å². The van der Waals surface area contributed by atoms with E-state index in [1.165, 1.54) is 28.8 Å². The minimum atomic E-state index is 0.283. The summed E-state index contributed by atoms with van der Waals surface area (Å²) in [6.45, 7) is 2.38. The van der Waals surface area contributed by atoms with Gasteiger partial charge in [0.2, 0.25) is 0 Å². The molecule has 168 valence electrons. The predicted molar refractivity (Wildman–Crippen MR) is 133 cm³/mol. The third kappa shape index (κ3) is 4.96. The average Bonchev–Trinajstić information content (AvgIpc) is 3.27. The van der Waals surface area contributed by atoms with Gasteiger partial charge in [-0.2, -0.15) is 0 Å². The number of pyridine rings is 1. The highest BCUT2D eigenvalue weighted by Gasteiger charge is 2.28. The molecule has 5 rings (SSSR count).